The molecule has 0 saturated carbocycles. The van der Waals surface area contributed by atoms with Crippen molar-refractivity contribution in [2.45, 2.75) is 31.0 Å². The van der Waals surface area contributed by atoms with Gasteiger partial charge in [0.1, 0.15) is 18.8 Å². The maximum Gasteiger partial charge on any atom is 0.356 e. The first-order valence-electron chi connectivity index (χ1n) is 12.9. The molecule has 0 spiro atoms. The maximum absolute atomic E-state index is 13.9. The Morgan fingerprint density at radius 2 is 1.81 bits per heavy atom. The van der Waals surface area contributed by atoms with Crippen molar-refractivity contribution in [3.8, 4) is 0 Å². The number of hydrogen-bond acceptors (Lipinski definition) is 13. The van der Waals surface area contributed by atoms with E-state index in [0.29, 0.717) is 17.7 Å². The largest absolute Gasteiger partial charge is 0.448 e. The quantitative estimate of drug-likeness (QED) is 0.0668. The van der Waals surface area contributed by atoms with E-state index >= 15 is 0 Å². The van der Waals surface area contributed by atoms with Crippen LogP contribution in [0.2, 0.25) is 0 Å². The smallest absolute Gasteiger partial charge is 0.356 e. The van der Waals surface area contributed by atoms with E-state index in [0.717, 1.165) is 34.4 Å². The van der Waals surface area contributed by atoms with E-state index in [1.165, 1.54) is 12.0 Å². The van der Waals surface area contributed by atoms with Crippen LogP contribution in [0.25, 0.3) is 0 Å². The maximum atomic E-state index is 13.9. The molecule has 2 aliphatic heterocycles. The number of nitrogens with zero attached hydrogens (tertiary/aromatic N) is 4. The van der Waals surface area contributed by atoms with E-state index in [9.17, 15) is 14.4 Å². The van der Waals surface area contributed by atoms with Gasteiger partial charge in [0.05, 0.1) is 6.04 Å². The summed E-state index contributed by atoms with van der Waals surface area (Å²) in [4.78, 5) is 51.3. The Bertz CT molecular complexity index is 1560. The number of allylic oxidation sites excluding steroid dienone is 1. The molecule has 2 atom stereocenters. The van der Waals surface area contributed by atoms with E-state index < -0.39 is 36.0 Å². The van der Waals surface area contributed by atoms with E-state index in [1.54, 1.807) is 0 Å². The number of carbonyl (C=O) groups is 3. The van der Waals surface area contributed by atoms with Crippen LogP contribution in [0.3, 0.4) is 0 Å². The fourth-order valence-electron chi connectivity index (χ4n) is 4.82. The highest BCUT2D eigenvalue weighted by Crippen LogP contribution is 2.42. The molecule has 0 unspecified atom stereocenters. The van der Waals surface area contributed by atoms with Crippen LogP contribution in [0.15, 0.2) is 76.4 Å². The Kier molecular flexibility index (Phi) is 9.30. The first-order chi connectivity index (χ1) is 20.8. The molecule has 2 aliphatic rings. The second-order valence-corrected chi connectivity index (χ2v) is 11.8. The van der Waals surface area contributed by atoms with Crippen molar-refractivity contribution in [1.82, 2.24) is 25.0 Å². The highest BCUT2D eigenvalue weighted by atomic mass is 32.2. The van der Waals surface area contributed by atoms with Crippen LogP contribution in [0.5, 0.6) is 0 Å². The lowest BCUT2D eigenvalue weighted by Gasteiger charge is -2.50. The summed E-state index contributed by atoms with van der Waals surface area (Å²) in [5.74, 6) is 3.52. The van der Waals surface area contributed by atoms with Crippen molar-refractivity contribution >= 4 is 68.5 Å². The number of thioether (sulfide) groups is 1. The monoisotopic (exact) mass is 638 g/mol. The Balaban J connectivity index is 1.42. The fraction of sp³-hybridized carbons (Fsp3) is 0.222. The van der Waals surface area contributed by atoms with Gasteiger partial charge in [-0.3, -0.25) is 14.5 Å². The zero-order valence-electron chi connectivity index (χ0n) is 22.6. The van der Waals surface area contributed by atoms with Crippen molar-refractivity contribution in [2.75, 3.05) is 12.8 Å². The van der Waals surface area contributed by atoms with Gasteiger partial charge in [0.2, 0.25) is 11.5 Å². The van der Waals surface area contributed by atoms with E-state index in [4.69, 9.17) is 33.4 Å². The first-order valence-corrected chi connectivity index (χ1v) is 14.9. The van der Waals surface area contributed by atoms with Gasteiger partial charge in [-0.2, -0.15) is 9.36 Å². The molecule has 16 heteroatoms. The lowest BCUT2D eigenvalue weighted by molar-refractivity contribution is -0.158. The summed E-state index contributed by atoms with van der Waals surface area (Å²) >= 11 is 7.21. The molecular weight excluding hydrogens is 613 g/mol. The van der Waals surface area contributed by atoms with Crippen molar-refractivity contribution in [3.05, 3.63) is 88.2 Å². The molecule has 222 valence electrons. The minimum absolute atomic E-state index is 0.0346. The van der Waals surface area contributed by atoms with Gasteiger partial charge in [0.25, 0.3) is 11.8 Å². The molecule has 0 bridgehead atoms. The van der Waals surface area contributed by atoms with Gasteiger partial charge < -0.3 is 26.1 Å². The highest BCUT2D eigenvalue weighted by molar-refractivity contribution is 8.25. The molecule has 1 fully saturated rings. The second kappa shape index (κ2) is 13.3. The number of hydrazine groups is 1. The number of β-lactam (4-membered cyclic amide) rings is 1. The molecular formula is C27H26N8O5S3. The zero-order chi connectivity index (χ0) is 30.5. The van der Waals surface area contributed by atoms with E-state index in [2.05, 4.69) is 25.3 Å². The Labute approximate surface area is 259 Å². The van der Waals surface area contributed by atoms with Crippen molar-refractivity contribution in [3.63, 3.8) is 0 Å². The molecule has 3 heterocycles. The van der Waals surface area contributed by atoms with Crippen LogP contribution in [-0.2, 0) is 24.0 Å². The van der Waals surface area contributed by atoms with Gasteiger partial charge in [0, 0.05) is 16.4 Å². The van der Waals surface area contributed by atoms with Gasteiger partial charge in [-0.25, -0.2) is 10.6 Å². The predicted molar refractivity (Wildman–Crippen MR) is 165 cm³/mol. The molecule has 43 heavy (non-hydrogen) atoms. The molecule has 6 N–H and O–H groups in total. The topological polar surface area (TPSA) is 187 Å². The number of ether oxygens (including phenoxy) is 1. The average molecular weight is 639 g/mol. The number of carbonyl (C=O) groups excluding carboxylic acids is 3. The summed E-state index contributed by atoms with van der Waals surface area (Å²) in [6.07, 6.45) is 0.0661. The molecule has 2 aromatic carbocycles. The van der Waals surface area contributed by atoms with Gasteiger partial charge >= 0.3 is 5.97 Å². The third-order valence-electron chi connectivity index (χ3n) is 6.69. The summed E-state index contributed by atoms with van der Waals surface area (Å²) in [6, 6.07) is 17.1. The lowest BCUT2D eigenvalue weighted by Crippen LogP contribution is -2.72. The molecule has 0 aliphatic carbocycles. The summed E-state index contributed by atoms with van der Waals surface area (Å²) in [5.41, 5.74) is 9.37. The number of anilines is 1. The zero-order valence-corrected chi connectivity index (χ0v) is 25.1. The van der Waals surface area contributed by atoms with Gasteiger partial charge in [-0.15, -0.1) is 0 Å². The summed E-state index contributed by atoms with van der Waals surface area (Å²) in [6.45, 7) is 0. The van der Waals surface area contributed by atoms with Crippen LogP contribution in [-0.4, -0.2) is 61.3 Å². The highest BCUT2D eigenvalue weighted by Gasteiger charge is 2.54. The van der Waals surface area contributed by atoms with E-state index in [-0.39, 0.29) is 26.7 Å². The van der Waals surface area contributed by atoms with Crippen molar-refractivity contribution < 1.29 is 24.0 Å². The van der Waals surface area contributed by atoms with Crippen LogP contribution < -0.4 is 22.3 Å². The normalized spacial score (nSPS) is 18.1. The fourth-order valence-corrected chi connectivity index (χ4v) is 6.34. The molecule has 1 aromatic heterocycles. The minimum atomic E-state index is -0.946. The lowest BCUT2D eigenvalue weighted by atomic mass is 9.86. The van der Waals surface area contributed by atoms with Gasteiger partial charge in [-0.1, -0.05) is 89.8 Å². The Morgan fingerprint density at radius 1 is 1.16 bits per heavy atom. The third-order valence-corrected chi connectivity index (χ3v) is 8.54. The van der Waals surface area contributed by atoms with Gasteiger partial charge in [0.15, 0.2) is 15.6 Å². The van der Waals surface area contributed by atoms with Gasteiger partial charge in [-0.05, 0) is 24.0 Å². The number of nitrogens with two attached hydrogens (primary N) is 2. The Hall–Kier alpha value is -4.38. The molecule has 3 aromatic rings. The molecule has 0 radical (unpaired) electrons. The third kappa shape index (κ3) is 6.36. The number of thiocarbonyl (C=S) groups is 1. The number of benzene rings is 2. The number of nitrogen functional groups attached to an aromatic ring is 1. The van der Waals surface area contributed by atoms with Crippen LogP contribution in [0.1, 0.15) is 35.9 Å². The number of esters is 1. The Morgan fingerprint density at radius 3 is 2.37 bits per heavy atom. The summed E-state index contributed by atoms with van der Waals surface area (Å²) in [5, 5.41) is 6.54. The second-order valence-electron chi connectivity index (χ2n) is 9.26. The van der Waals surface area contributed by atoms with Crippen molar-refractivity contribution in [1.29, 1.82) is 0 Å². The number of hydrogen-bond donors (Lipinski definition) is 4. The number of fused-ring (bicyclic) bond motifs is 1. The van der Waals surface area contributed by atoms with Crippen molar-refractivity contribution in [2.24, 2.45) is 11.0 Å². The standard InChI is InChI=1S/C27H26N8O5S3/c1-39-33-19(22-31-26(28)43-34-22)23(36)30-18-16-12-13-17(42-27(41)32-29)20(35(16)24(18)37)25(38)40-21(14-8-4-2-5-9-14)15-10-6-3-7-11-15/h2-11,16,18,21H,12-13,29H2,1H3,(H,30,36)(H,32,41)(H2,28,31,34)/b33-19-/t16-,18+/m1/s1. The number of aromatic nitrogens is 2. The van der Waals surface area contributed by atoms with Crippen LogP contribution in [0.4, 0.5) is 5.13 Å². The number of amides is 2. The number of oxime groups is 1. The average Bonchev–Trinajstić information content (AvgIpc) is 3.47. The number of rotatable bonds is 9. The summed E-state index contributed by atoms with van der Waals surface area (Å²) < 4.78 is 10.3. The SMILES string of the molecule is CO/N=C(\C(=O)N[C@@H]1C(=O)N2C(C(=O)OC(c3ccccc3)c3ccccc3)=C(SC(=S)NN)CC[C@H]12)c1nsc(N)n1. The predicted octanol–water partition coefficient (Wildman–Crippen LogP) is 1.99. The van der Waals surface area contributed by atoms with E-state index in [1.807, 2.05) is 60.7 Å². The molecule has 5 rings (SSSR count). The van der Waals surface area contributed by atoms with Crippen LogP contribution >= 0.6 is 35.5 Å². The number of nitrogens with one attached hydrogen (secondary N) is 2. The molecule has 1 saturated heterocycles. The van der Waals surface area contributed by atoms with Crippen LogP contribution in [0, 0.1) is 0 Å². The molecule has 13 nitrogen and oxygen atoms in total. The summed E-state index contributed by atoms with van der Waals surface area (Å²) in [7, 11) is 1.26. The minimum Gasteiger partial charge on any atom is -0.448 e. The first kappa shape index (κ1) is 30.1. The molecule has 2 amide bonds.